The molecule has 0 aromatic carbocycles. The Labute approximate surface area is 100 Å². The van der Waals surface area contributed by atoms with Gasteiger partial charge in [-0.2, -0.15) is 0 Å². The fraction of sp³-hybridized carbons (Fsp3) is 0.733. The number of hydrogen-bond acceptors (Lipinski definition) is 1. The predicted octanol–water partition coefficient (Wildman–Crippen LogP) is 4.37. The molecule has 1 aliphatic carbocycles. The Hall–Kier alpha value is -0.560. The van der Waals surface area contributed by atoms with E-state index in [0.29, 0.717) is 0 Å². The predicted molar refractivity (Wildman–Crippen MR) is 70.5 cm³/mol. The van der Waals surface area contributed by atoms with Gasteiger partial charge in [0, 0.05) is 0 Å². The highest BCUT2D eigenvalue weighted by atomic mass is 16.3. The summed E-state index contributed by atoms with van der Waals surface area (Å²) in [5.74, 6) is 0. The van der Waals surface area contributed by atoms with E-state index in [4.69, 9.17) is 0 Å². The number of aliphatic hydroxyl groups excluding tert-OH is 1. The molecule has 0 fully saturated rings. The van der Waals surface area contributed by atoms with Gasteiger partial charge in [-0.15, -0.1) is 0 Å². The Bertz CT molecular complexity index is 273. The molecule has 0 amide bonds. The van der Waals surface area contributed by atoms with Crippen molar-refractivity contribution in [2.45, 2.75) is 71.8 Å². The summed E-state index contributed by atoms with van der Waals surface area (Å²) in [5.41, 5.74) is 4.53. The van der Waals surface area contributed by atoms with E-state index in [0.717, 1.165) is 19.3 Å². The number of unbranched alkanes of at least 4 members (excludes halogenated alkanes) is 1. The van der Waals surface area contributed by atoms with Gasteiger partial charge in [0.2, 0.25) is 0 Å². The maximum atomic E-state index is 9.65. The molecule has 92 valence electrons. The third-order valence-corrected chi connectivity index (χ3v) is 3.53. The van der Waals surface area contributed by atoms with E-state index in [2.05, 4.69) is 19.9 Å². The number of rotatable bonds is 6. The first-order valence-electron chi connectivity index (χ1n) is 6.73. The molecule has 0 bridgehead atoms. The van der Waals surface area contributed by atoms with Gasteiger partial charge in [0.1, 0.15) is 0 Å². The van der Waals surface area contributed by atoms with Crippen LogP contribution in [0.5, 0.6) is 0 Å². The average Bonchev–Trinajstić information content (AvgIpc) is 2.28. The molecule has 0 saturated carbocycles. The van der Waals surface area contributed by atoms with Gasteiger partial charge in [-0.3, -0.25) is 0 Å². The van der Waals surface area contributed by atoms with Crippen LogP contribution in [0.2, 0.25) is 0 Å². The summed E-state index contributed by atoms with van der Waals surface area (Å²) in [4.78, 5) is 0. The molecule has 0 radical (unpaired) electrons. The van der Waals surface area contributed by atoms with Crippen LogP contribution < -0.4 is 0 Å². The molecule has 1 aliphatic rings. The minimum absolute atomic E-state index is 0.142. The molecular formula is C15H26O. The van der Waals surface area contributed by atoms with Gasteiger partial charge >= 0.3 is 0 Å². The van der Waals surface area contributed by atoms with Crippen molar-refractivity contribution >= 4 is 0 Å². The van der Waals surface area contributed by atoms with Crippen LogP contribution in [0.4, 0.5) is 0 Å². The van der Waals surface area contributed by atoms with Crippen LogP contribution in [0.25, 0.3) is 0 Å². The molecule has 0 unspecified atom stereocenters. The minimum atomic E-state index is -0.142. The molecule has 1 rings (SSSR count). The largest absolute Gasteiger partial charge is 0.393 e. The normalized spacial score (nSPS) is 18.6. The van der Waals surface area contributed by atoms with Crippen molar-refractivity contribution in [3.8, 4) is 0 Å². The Morgan fingerprint density at radius 1 is 1.31 bits per heavy atom. The highest BCUT2D eigenvalue weighted by Gasteiger charge is 2.12. The SMILES string of the molecule is CCCCC1=C(C)C=C(C[C@@H](O)CC)CC1. The Kier molecular flexibility index (Phi) is 5.83. The topological polar surface area (TPSA) is 20.2 Å². The molecule has 1 nitrogen and oxygen atoms in total. The van der Waals surface area contributed by atoms with Crippen LogP contribution in [0.15, 0.2) is 22.8 Å². The molecule has 0 heterocycles. The zero-order valence-corrected chi connectivity index (χ0v) is 11.1. The maximum Gasteiger partial charge on any atom is 0.0574 e. The van der Waals surface area contributed by atoms with E-state index in [9.17, 15) is 5.11 Å². The molecule has 1 heteroatoms. The van der Waals surface area contributed by atoms with Crippen LogP contribution in [0.3, 0.4) is 0 Å². The van der Waals surface area contributed by atoms with E-state index < -0.39 is 0 Å². The first-order chi connectivity index (χ1) is 7.67. The van der Waals surface area contributed by atoms with Crippen molar-refractivity contribution < 1.29 is 5.11 Å². The number of hydrogen-bond donors (Lipinski definition) is 1. The molecule has 0 aromatic rings. The van der Waals surface area contributed by atoms with Crippen molar-refractivity contribution in [2.75, 3.05) is 0 Å². The second-order valence-electron chi connectivity index (χ2n) is 4.96. The first kappa shape index (κ1) is 13.5. The zero-order valence-electron chi connectivity index (χ0n) is 11.1. The van der Waals surface area contributed by atoms with E-state index in [1.54, 1.807) is 5.57 Å². The standard InChI is InChI=1S/C15H26O/c1-4-6-7-14-9-8-13(10-12(14)3)11-15(16)5-2/h10,15-16H,4-9,11H2,1-3H3/t15-/m0/s1. The zero-order chi connectivity index (χ0) is 12.0. The molecule has 0 aromatic heterocycles. The second-order valence-corrected chi connectivity index (χ2v) is 4.96. The van der Waals surface area contributed by atoms with Gasteiger partial charge in [0.25, 0.3) is 0 Å². The third kappa shape index (κ3) is 4.13. The lowest BCUT2D eigenvalue weighted by molar-refractivity contribution is 0.169. The fourth-order valence-electron chi connectivity index (χ4n) is 2.31. The molecule has 1 atom stereocenters. The van der Waals surface area contributed by atoms with Gasteiger partial charge < -0.3 is 5.11 Å². The third-order valence-electron chi connectivity index (χ3n) is 3.53. The fourth-order valence-corrected chi connectivity index (χ4v) is 2.31. The van der Waals surface area contributed by atoms with Gasteiger partial charge in [-0.1, -0.05) is 43.1 Å². The van der Waals surface area contributed by atoms with Crippen LogP contribution in [-0.2, 0) is 0 Å². The molecule has 1 N–H and O–H groups in total. The lowest BCUT2D eigenvalue weighted by Crippen LogP contribution is -2.08. The lowest BCUT2D eigenvalue weighted by Gasteiger charge is -2.20. The van der Waals surface area contributed by atoms with Crippen LogP contribution in [0, 0.1) is 0 Å². The van der Waals surface area contributed by atoms with Crippen LogP contribution >= 0.6 is 0 Å². The lowest BCUT2D eigenvalue weighted by atomic mass is 9.88. The Balaban J connectivity index is 2.56. The van der Waals surface area contributed by atoms with Crippen molar-refractivity contribution in [2.24, 2.45) is 0 Å². The highest BCUT2D eigenvalue weighted by molar-refractivity contribution is 5.32. The summed E-state index contributed by atoms with van der Waals surface area (Å²) in [7, 11) is 0. The number of allylic oxidation sites excluding steroid dienone is 3. The average molecular weight is 222 g/mol. The first-order valence-corrected chi connectivity index (χ1v) is 6.73. The van der Waals surface area contributed by atoms with Crippen molar-refractivity contribution in [3.63, 3.8) is 0 Å². The maximum absolute atomic E-state index is 9.65. The summed E-state index contributed by atoms with van der Waals surface area (Å²) in [6, 6.07) is 0. The van der Waals surface area contributed by atoms with Crippen molar-refractivity contribution in [1.82, 2.24) is 0 Å². The van der Waals surface area contributed by atoms with Gasteiger partial charge in [-0.05, 0) is 45.4 Å². The monoisotopic (exact) mass is 222 g/mol. The van der Waals surface area contributed by atoms with Gasteiger partial charge in [0.15, 0.2) is 0 Å². The summed E-state index contributed by atoms with van der Waals surface area (Å²) in [5, 5.41) is 9.65. The summed E-state index contributed by atoms with van der Waals surface area (Å²) in [6.07, 6.45) is 10.1. The van der Waals surface area contributed by atoms with E-state index in [1.165, 1.54) is 36.8 Å². The van der Waals surface area contributed by atoms with Crippen LogP contribution in [0.1, 0.15) is 65.7 Å². The Morgan fingerprint density at radius 2 is 2.06 bits per heavy atom. The second kappa shape index (κ2) is 6.90. The van der Waals surface area contributed by atoms with E-state index in [-0.39, 0.29) is 6.10 Å². The van der Waals surface area contributed by atoms with Crippen LogP contribution in [-0.4, -0.2) is 11.2 Å². The number of aliphatic hydroxyl groups is 1. The minimum Gasteiger partial charge on any atom is -0.393 e. The summed E-state index contributed by atoms with van der Waals surface area (Å²) >= 11 is 0. The Morgan fingerprint density at radius 3 is 2.62 bits per heavy atom. The van der Waals surface area contributed by atoms with Crippen molar-refractivity contribution in [3.05, 3.63) is 22.8 Å². The molecule has 0 aliphatic heterocycles. The molecule has 0 saturated heterocycles. The van der Waals surface area contributed by atoms with Crippen molar-refractivity contribution in [1.29, 1.82) is 0 Å². The van der Waals surface area contributed by atoms with Gasteiger partial charge in [0.05, 0.1) is 6.10 Å². The molecule has 0 spiro atoms. The molecular weight excluding hydrogens is 196 g/mol. The smallest absolute Gasteiger partial charge is 0.0574 e. The molecule has 16 heavy (non-hydrogen) atoms. The highest BCUT2D eigenvalue weighted by Crippen LogP contribution is 2.29. The summed E-state index contributed by atoms with van der Waals surface area (Å²) < 4.78 is 0. The van der Waals surface area contributed by atoms with Gasteiger partial charge in [-0.25, -0.2) is 0 Å². The van der Waals surface area contributed by atoms with E-state index >= 15 is 0 Å². The summed E-state index contributed by atoms with van der Waals surface area (Å²) in [6.45, 7) is 6.52. The van der Waals surface area contributed by atoms with E-state index in [1.807, 2.05) is 6.92 Å². The quantitative estimate of drug-likeness (QED) is 0.707.